The number of rotatable bonds is 38. The molecular weight excluding hydrogens is 1250 g/mol. The Morgan fingerprint density at radius 2 is 0.979 bits per heavy atom. The quantitative estimate of drug-likeness (QED) is 0.0202. The summed E-state index contributed by atoms with van der Waals surface area (Å²) in [6, 6.07) is -7.45. The van der Waals surface area contributed by atoms with Crippen molar-refractivity contribution in [2.45, 2.75) is 114 Å². The highest BCUT2D eigenvalue weighted by Gasteiger charge is 2.53. The van der Waals surface area contributed by atoms with Crippen LogP contribution in [-0.2, 0) is 42.6 Å². The Kier molecular flexibility index (Phi) is 31.5. The van der Waals surface area contributed by atoms with Crippen LogP contribution in [0.5, 0.6) is 0 Å². The van der Waals surface area contributed by atoms with Crippen molar-refractivity contribution < 1.29 is 71.7 Å². The summed E-state index contributed by atoms with van der Waals surface area (Å²) in [7, 11) is 57.1. The Morgan fingerprint density at radius 3 is 1.34 bits per heavy atom. The number of urea groups is 3. The molecule has 97 heavy (non-hydrogen) atoms. The topological polar surface area (TPSA) is 409 Å². The number of hydrogen-bond acceptors (Lipinski definition) is 17. The minimum atomic E-state index is -4.30. The van der Waals surface area contributed by atoms with E-state index in [-0.39, 0.29) is 45.7 Å². The number of carbonyl (C=O) groups excluding carboxylic acids is 9. The van der Waals surface area contributed by atoms with Gasteiger partial charge >= 0.3 is 30.2 Å². The van der Waals surface area contributed by atoms with E-state index in [1.807, 2.05) is 0 Å². The average molecular weight is 1320 g/mol. The van der Waals surface area contributed by atoms with Crippen molar-refractivity contribution in [3.8, 4) is 0 Å². The van der Waals surface area contributed by atoms with Gasteiger partial charge in [-0.1, -0.05) is 24.3 Å². The minimum Gasteiger partial charge on any atom is -0.480 e. The van der Waals surface area contributed by atoms with Gasteiger partial charge in [0.2, 0.25) is 29.5 Å². The largest absolute Gasteiger partial charge is 0.480 e. The van der Waals surface area contributed by atoms with Crippen LogP contribution >= 0.6 is 7.57 Å². The fourth-order valence-corrected chi connectivity index (χ4v) is 13.5. The molecule has 0 aliphatic carbocycles. The van der Waals surface area contributed by atoms with E-state index in [1.54, 1.807) is 20.8 Å². The van der Waals surface area contributed by atoms with E-state index in [9.17, 15) is 43.6 Å². The zero-order chi connectivity index (χ0) is 72.6. The molecule has 12 amide bonds. The van der Waals surface area contributed by atoms with Gasteiger partial charge in [-0.3, -0.25) is 38.7 Å². The highest BCUT2D eigenvalue weighted by atomic mass is 31.2. The van der Waals surface area contributed by atoms with Crippen molar-refractivity contribution in [3.63, 3.8) is 0 Å². The number of aliphatic carboxylic acids is 1. The maximum atomic E-state index is 15.2. The van der Waals surface area contributed by atoms with Crippen LogP contribution in [0.25, 0.3) is 0 Å². The summed E-state index contributed by atoms with van der Waals surface area (Å²) in [5.74, 6) is -6.11. The minimum absolute atomic E-state index is 0.128. The van der Waals surface area contributed by atoms with Gasteiger partial charge in [0.05, 0.1) is 44.9 Å². The summed E-state index contributed by atoms with van der Waals surface area (Å²) in [5, 5.41) is 26.2. The van der Waals surface area contributed by atoms with Crippen LogP contribution < -0.4 is 49.1 Å². The third-order valence-corrected chi connectivity index (χ3v) is 18.8. The zero-order valence-corrected chi connectivity index (χ0v) is 56.3. The number of carboxylic acids is 1. The molecule has 8 unspecified atom stereocenters. The molecule has 488 valence electrons. The van der Waals surface area contributed by atoms with Crippen molar-refractivity contribution in [1.29, 1.82) is 0 Å². The maximum absolute atomic E-state index is 15.2. The number of carboxylic acid groups (broad SMARTS) is 1. The summed E-state index contributed by atoms with van der Waals surface area (Å²) in [6.07, 6.45) is -2.61. The molecule has 0 saturated carbocycles. The fraction of sp³-hybridized carbons (Fsp3) is 0.630. The smallest absolute Gasteiger partial charge is 0.407 e. The van der Waals surface area contributed by atoms with Gasteiger partial charge in [-0.2, -0.15) is 0 Å². The molecule has 30 nitrogen and oxygen atoms in total. The van der Waals surface area contributed by atoms with Crippen molar-refractivity contribution in [2.75, 3.05) is 72.1 Å². The summed E-state index contributed by atoms with van der Waals surface area (Å²) >= 11 is 0. The molecule has 5 rings (SSSR count). The molecule has 0 aromatic heterocycles. The second-order valence-electron chi connectivity index (χ2n) is 25.4. The number of nitrogens with two attached hydrogens (primary N) is 3. The monoisotopic (exact) mass is 1330 g/mol. The lowest BCUT2D eigenvalue weighted by Gasteiger charge is -2.35. The van der Waals surface area contributed by atoms with Crippen LogP contribution in [0.1, 0.15) is 47.5 Å². The van der Waals surface area contributed by atoms with Gasteiger partial charge in [-0.05, 0) is 65.7 Å². The highest BCUT2D eigenvalue weighted by molar-refractivity contribution is 8.01. The van der Waals surface area contributed by atoms with E-state index in [0.29, 0.717) is 12.6 Å². The second kappa shape index (κ2) is 37.2. The highest BCUT2D eigenvalue weighted by Crippen LogP contribution is 2.46. The van der Waals surface area contributed by atoms with Crippen molar-refractivity contribution in [2.24, 2.45) is 17.2 Å². The van der Waals surface area contributed by atoms with E-state index in [1.165, 1.54) is 50.7 Å². The van der Waals surface area contributed by atoms with Gasteiger partial charge in [0.1, 0.15) is 43.4 Å². The Labute approximate surface area is 585 Å². The summed E-state index contributed by atoms with van der Waals surface area (Å²) in [4.78, 5) is 158. The maximum Gasteiger partial charge on any atom is 0.407 e. The molecule has 14 N–H and O–H groups in total. The fourth-order valence-electron chi connectivity index (χ4n) is 11.9. The number of nitrogens with one attached hydrogen (secondary N) is 6. The summed E-state index contributed by atoms with van der Waals surface area (Å²) in [5.41, 5.74) is 16.7. The molecule has 51 heteroatoms. The van der Waals surface area contributed by atoms with E-state index >= 15 is 14.4 Å². The van der Waals surface area contributed by atoms with Crippen LogP contribution in [0.15, 0.2) is 36.8 Å². The number of hydrogen-bond donors (Lipinski definition) is 11. The molecule has 5 aliphatic rings. The first-order valence-electron chi connectivity index (χ1n) is 31.9. The van der Waals surface area contributed by atoms with Crippen molar-refractivity contribution >= 4 is 215 Å². The molecule has 5 heterocycles. The lowest BCUT2D eigenvalue weighted by molar-refractivity contribution is -0.150. The second-order valence-corrected chi connectivity index (χ2v) is 27.3. The van der Waals surface area contributed by atoms with E-state index < -0.39 is 225 Å². The zero-order valence-electron chi connectivity index (χ0n) is 55.4. The van der Waals surface area contributed by atoms with Crippen LogP contribution in [0.2, 0.25) is 24.3 Å². The first-order valence-corrected chi connectivity index (χ1v) is 33.5. The average Bonchev–Trinajstić information content (AvgIpc) is 1.65. The van der Waals surface area contributed by atoms with E-state index in [0.717, 1.165) is 35.2 Å². The predicted molar refractivity (Wildman–Crippen MR) is 391 cm³/mol. The summed E-state index contributed by atoms with van der Waals surface area (Å²) in [6.45, 7) is 1.55. The SMILES string of the molecule is [B]B([B])B([B])B(B([B])[B])B1CC1CC(C(=O)O)N(CCNC(=O)C(C=P(O)(OCC)OCC)N(CCNC(=O)C(CC1CB1B(B([B])[B])B([B])B([B])[B])N(CCNC(=O)OC(C)(C)C)C(=O)CN1C=CC(N)NC1=O)C(=O)CN1C=CC(N)NC1=O)C(=O)CN1C=CC(N)NC1=O. The molecule has 5 aliphatic heterocycles. The number of nitrogens with zero attached hydrogens (tertiary/aromatic N) is 6. The van der Waals surface area contributed by atoms with Crippen molar-refractivity contribution in [3.05, 3.63) is 36.8 Å². The molecule has 2 saturated heterocycles. The Bertz CT molecular complexity index is 2950. The van der Waals surface area contributed by atoms with Crippen LogP contribution in [-0.4, -0.2) is 361 Å². The molecule has 8 atom stereocenters. The Balaban J connectivity index is 1.57. The van der Waals surface area contributed by atoms with Crippen LogP contribution in [0, 0.1) is 0 Å². The Morgan fingerprint density at radius 1 is 0.619 bits per heavy atom. The van der Waals surface area contributed by atoms with Crippen molar-refractivity contribution in [1.82, 2.24) is 61.3 Å². The molecule has 0 aromatic rings. The Hall–Kier alpha value is -5.52. The molecule has 0 aromatic carbocycles. The third-order valence-electron chi connectivity index (χ3n) is 16.8. The first kappa shape index (κ1) is 82.1. The molecule has 0 bridgehead atoms. The molecular formula is C46H74B20N15O15P. The summed E-state index contributed by atoms with van der Waals surface area (Å²) < 4.78 is 16.8. The number of alkyl carbamates (subject to hydrolysis) is 1. The number of carbonyl (C=O) groups is 10. The molecule has 0 spiro atoms. The van der Waals surface area contributed by atoms with Crippen LogP contribution in [0.3, 0.4) is 0 Å². The van der Waals surface area contributed by atoms with Gasteiger partial charge in [0.15, 0.2) is 0 Å². The van der Waals surface area contributed by atoms with Gasteiger partial charge in [-0.25, -0.2) is 24.0 Å². The first-order chi connectivity index (χ1) is 45.4. The standard InChI is InChI=1S/C46H74B20N15O15P/c1-6-94-97(93,95-7-2)27-32(40(86)71-11-17-80(37(83)25-77-15-9-34(68)74-43(77)90)31(41(87)88)21-29-23-58(29)66(62(53)54)64(56)60(49)50)81(38(84)26-78-16-10-35(69)75-44(78)91)18-12-70-39(85)30(20-28-22-57(28)65(61(51)52)63(55)59(47)48)79(19-13-72-45(92)96-46(3,4)5)36(82)24-76-14-8-33(67)73-42(76)89/h8-10,14-16,27-35,93H,6-7,11-13,17-26,67-69H2,1-5H3,(H,70,85)(H,71,86)(H,72,92)(H,73,89)(H,74,90)(H,75,91)(H,87,88). The van der Waals surface area contributed by atoms with Crippen LogP contribution in [0.4, 0.5) is 19.2 Å². The van der Waals surface area contributed by atoms with Gasteiger partial charge in [-0.15, -0.1) is 0 Å². The van der Waals surface area contributed by atoms with E-state index in [4.69, 9.17) is 108 Å². The van der Waals surface area contributed by atoms with E-state index in [2.05, 4.69) is 31.9 Å². The molecule has 2 fully saturated rings. The lowest BCUT2D eigenvalue weighted by Crippen LogP contribution is -2.63. The van der Waals surface area contributed by atoms with Gasteiger partial charge < -0.3 is 87.6 Å². The number of amides is 12. The predicted octanol–water partition coefficient (Wildman–Crippen LogP) is -9.70. The number of ether oxygens (including phenoxy) is 1. The normalized spacial score (nSPS) is 19.5. The third kappa shape index (κ3) is 24.7. The molecule has 20 radical (unpaired) electrons. The van der Waals surface area contributed by atoms with Gasteiger partial charge in [0, 0.05) is 192 Å². The lowest BCUT2D eigenvalue weighted by atomic mass is 8.57. The van der Waals surface area contributed by atoms with Gasteiger partial charge in [0.25, 0.3) is 7.57 Å².